The molecule has 0 fully saturated rings. The van der Waals surface area contributed by atoms with E-state index in [4.69, 9.17) is 4.74 Å². The standard InChI is InChI=1S/C18H15N3O2S/c22-18(19-15-12-14-8-4-5-9-21(14)20-15)16-17(24-11-10-23-16)13-6-2-1-3-7-13/h1-9,12H,10-11H2,(H,19,20,22). The number of ether oxygens (including phenoxy) is 1. The van der Waals surface area contributed by atoms with Crippen LogP contribution in [-0.4, -0.2) is 27.9 Å². The first-order valence-corrected chi connectivity index (χ1v) is 8.61. The van der Waals surface area contributed by atoms with Crippen LogP contribution >= 0.6 is 11.8 Å². The fourth-order valence-electron chi connectivity index (χ4n) is 2.56. The summed E-state index contributed by atoms with van der Waals surface area (Å²) in [5, 5.41) is 7.18. The molecule has 24 heavy (non-hydrogen) atoms. The topological polar surface area (TPSA) is 55.6 Å². The maximum absolute atomic E-state index is 12.7. The van der Waals surface area contributed by atoms with Crippen LogP contribution in [0.1, 0.15) is 5.56 Å². The zero-order valence-corrected chi connectivity index (χ0v) is 13.6. The smallest absolute Gasteiger partial charge is 0.293 e. The van der Waals surface area contributed by atoms with Crippen LogP contribution in [0.5, 0.6) is 0 Å². The number of fused-ring (bicyclic) bond motifs is 1. The molecule has 1 aromatic carbocycles. The first-order chi connectivity index (χ1) is 11.8. The van der Waals surface area contributed by atoms with Crippen molar-refractivity contribution >= 4 is 33.9 Å². The lowest BCUT2D eigenvalue weighted by Crippen LogP contribution is -2.21. The number of nitrogens with zero attached hydrogens (tertiary/aromatic N) is 2. The van der Waals surface area contributed by atoms with Gasteiger partial charge in [0.15, 0.2) is 11.6 Å². The van der Waals surface area contributed by atoms with Gasteiger partial charge < -0.3 is 10.1 Å². The second kappa shape index (κ2) is 6.41. The van der Waals surface area contributed by atoms with E-state index in [1.54, 1.807) is 16.3 Å². The summed E-state index contributed by atoms with van der Waals surface area (Å²) in [6, 6.07) is 17.4. The number of hydrogen-bond acceptors (Lipinski definition) is 4. The Morgan fingerprint density at radius 3 is 2.83 bits per heavy atom. The lowest BCUT2D eigenvalue weighted by atomic mass is 10.2. The molecule has 0 bridgehead atoms. The van der Waals surface area contributed by atoms with E-state index in [0.717, 1.165) is 21.7 Å². The zero-order chi connectivity index (χ0) is 16.4. The van der Waals surface area contributed by atoms with E-state index in [9.17, 15) is 4.79 Å². The third-order valence-electron chi connectivity index (χ3n) is 3.64. The molecule has 0 saturated carbocycles. The number of aromatic nitrogens is 2. The van der Waals surface area contributed by atoms with Gasteiger partial charge in [0.2, 0.25) is 0 Å². The molecule has 0 spiro atoms. The predicted octanol–water partition coefficient (Wildman–Crippen LogP) is 3.41. The predicted molar refractivity (Wildman–Crippen MR) is 95.6 cm³/mol. The molecule has 1 N–H and O–H groups in total. The van der Waals surface area contributed by atoms with Gasteiger partial charge in [-0.15, -0.1) is 11.8 Å². The number of carbonyl (C=O) groups excluding carboxylic acids is 1. The van der Waals surface area contributed by atoms with Gasteiger partial charge in [-0.3, -0.25) is 4.79 Å². The summed E-state index contributed by atoms with van der Waals surface area (Å²) in [5.41, 5.74) is 1.91. The first-order valence-electron chi connectivity index (χ1n) is 7.62. The van der Waals surface area contributed by atoms with Crippen LogP contribution in [0.3, 0.4) is 0 Å². The minimum Gasteiger partial charge on any atom is -0.486 e. The molecule has 3 aromatic rings. The van der Waals surface area contributed by atoms with E-state index in [-0.39, 0.29) is 5.91 Å². The Labute approximate surface area is 143 Å². The van der Waals surface area contributed by atoms with Gasteiger partial charge in [0, 0.05) is 18.0 Å². The molecular formula is C18H15N3O2S. The maximum atomic E-state index is 12.7. The summed E-state index contributed by atoms with van der Waals surface area (Å²) in [4.78, 5) is 13.5. The molecule has 3 heterocycles. The lowest BCUT2D eigenvalue weighted by Gasteiger charge is -2.20. The van der Waals surface area contributed by atoms with Crippen molar-refractivity contribution in [2.75, 3.05) is 17.7 Å². The van der Waals surface area contributed by atoms with Crippen LogP contribution in [0.4, 0.5) is 5.82 Å². The van der Waals surface area contributed by atoms with Crippen LogP contribution in [0.2, 0.25) is 0 Å². The second-order valence-corrected chi connectivity index (χ2v) is 6.38. The molecule has 2 aromatic heterocycles. The van der Waals surface area contributed by atoms with Crippen molar-refractivity contribution in [3.8, 4) is 0 Å². The Morgan fingerprint density at radius 2 is 2.00 bits per heavy atom. The molecule has 0 aliphatic carbocycles. The monoisotopic (exact) mass is 337 g/mol. The largest absolute Gasteiger partial charge is 0.486 e. The summed E-state index contributed by atoms with van der Waals surface area (Å²) >= 11 is 1.64. The normalized spacial score (nSPS) is 14.5. The van der Waals surface area contributed by atoms with Gasteiger partial charge in [-0.25, -0.2) is 4.52 Å². The molecule has 0 saturated heterocycles. The summed E-state index contributed by atoms with van der Waals surface area (Å²) < 4.78 is 7.39. The van der Waals surface area contributed by atoms with Gasteiger partial charge in [0.25, 0.3) is 5.91 Å². The van der Waals surface area contributed by atoms with Gasteiger partial charge in [0.05, 0.1) is 17.0 Å². The van der Waals surface area contributed by atoms with Crippen molar-refractivity contribution in [3.05, 3.63) is 72.1 Å². The van der Waals surface area contributed by atoms with Crippen LogP contribution < -0.4 is 5.32 Å². The highest BCUT2D eigenvalue weighted by atomic mass is 32.2. The van der Waals surface area contributed by atoms with E-state index in [0.29, 0.717) is 18.2 Å². The quantitative estimate of drug-likeness (QED) is 0.796. The van der Waals surface area contributed by atoms with Crippen LogP contribution in [0.15, 0.2) is 66.6 Å². The Kier molecular flexibility index (Phi) is 3.96. The maximum Gasteiger partial charge on any atom is 0.293 e. The van der Waals surface area contributed by atoms with Crippen molar-refractivity contribution in [2.45, 2.75) is 0 Å². The molecule has 1 amide bonds. The van der Waals surface area contributed by atoms with Crippen molar-refractivity contribution in [1.82, 2.24) is 9.61 Å². The Hall–Kier alpha value is -2.73. The fourth-order valence-corrected chi connectivity index (χ4v) is 3.52. The average Bonchev–Trinajstić information content (AvgIpc) is 3.04. The average molecular weight is 337 g/mol. The van der Waals surface area contributed by atoms with Crippen molar-refractivity contribution in [3.63, 3.8) is 0 Å². The van der Waals surface area contributed by atoms with Gasteiger partial charge in [-0.2, -0.15) is 5.10 Å². The second-order valence-electron chi connectivity index (χ2n) is 5.27. The number of rotatable bonds is 3. The van der Waals surface area contributed by atoms with Crippen molar-refractivity contribution in [2.24, 2.45) is 0 Å². The fraction of sp³-hybridized carbons (Fsp3) is 0.111. The van der Waals surface area contributed by atoms with Crippen molar-refractivity contribution < 1.29 is 9.53 Å². The van der Waals surface area contributed by atoms with Crippen LogP contribution in [0, 0.1) is 0 Å². The Balaban J connectivity index is 1.65. The van der Waals surface area contributed by atoms with Gasteiger partial charge in [-0.1, -0.05) is 36.4 Å². The third kappa shape index (κ3) is 2.88. The van der Waals surface area contributed by atoms with Gasteiger partial charge >= 0.3 is 0 Å². The number of amides is 1. The molecule has 1 aliphatic heterocycles. The molecule has 6 heteroatoms. The highest BCUT2D eigenvalue weighted by Gasteiger charge is 2.23. The third-order valence-corrected chi connectivity index (χ3v) is 4.72. The molecule has 0 atom stereocenters. The molecular weight excluding hydrogens is 322 g/mol. The van der Waals surface area contributed by atoms with E-state index < -0.39 is 0 Å². The number of nitrogens with one attached hydrogen (secondary N) is 1. The first kappa shape index (κ1) is 14.8. The molecule has 4 rings (SSSR count). The number of hydrogen-bond donors (Lipinski definition) is 1. The van der Waals surface area contributed by atoms with Crippen molar-refractivity contribution in [1.29, 1.82) is 0 Å². The number of pyridine rings is 1. The summed E-state index contributed by atoms with van der Waals surface area (Å²) in [5.74, 6) is 1.42. The summed E-state index contributed by atoms with van der Waals surface area (Å²) in [7, 11) is 0. The van der Waals surface area contributed by atoms with Gasteiger partial charge in [-0.05, 0) is 17.7 Å². The van der Waals surface area contributed by atoms with Gasteiger partial charge in [0.1, 0.15) is 0 Å². The molecule has 0 unspecified atom stereocenters. The minimum absolute atomic E-state index is 0.274. The number of thioether (sulfide) groups is 1. The number of carbonyl (C=O) groups is 1. The van der Waals surface area contributed by atoms with E-state index >= 15 is 0 Å². The molecule has 0 radical (unpaired) electrons. The Morgan fingerprint density at radius 1 is 1.17 bits per heavy atom. The van der Waals surface area contributed by atoms with E-state index in [1.165, 1.54) is 0 Å². The van der Waals surface area contributed by atoms with E-state index in [2.05, 4.69) is 10.4 Å². The highest BCUT2D eigenvalue weighted by molar-refractivity contribution is 8.08. The summed E-state index contributed by atoms with van der Waals surface area (Å²) in [6.07, 6.45) is 1.84. The Bertz CT molecular complexity index is 885. The van der Waals surface area contributed by atoms with Crippen LogP contribution in [-0.2, 0) is 9.53 Å². The molecule has 1 aliphatic rings. The highest BCUT2D eigenvalue weighted by Crippen LogP contribution is 2.34. The molecule has 120 valence electrons. The van der Waals surface area contributed by atoms with E-state index in [1.807, 2.05) is 60.8 Å². The minimum atomic E-state index is -0.274. The number of anilines is 1. The lowest BCUT2D eigenvalue weighted by molar-refractivity contribution is -0.115. The molecule has 5 nitrogen and oxygen atoms in total. The zero-order valence-electron chi connectivity index (χ0n) is 12.8. The van der Waals surface area contributed by atoms with Crippen LogP contribution in [0.25, 0.3) is 10.4 Å². The summed E-state index contributed by atoms with van der Waals surface area (Å²) in [6.45, 7) is 0.523. The SMILES string of the molecule is O=C(Nc1cc2ccccn2n1)C1=C(c2ccccc2)SCCO1. The number of benzene rings is 1.